The minimum atomic E-state index is -0.348. The summed E-state index contributed by atoms with van der Waals surface area (Å²) in [5.74, 6) is 0.459. The first kappa shape index (κ1) is 17.3. The van der Waals surface area contributed by atoms with Gasteiger partial charge < -0.3 is 20.1 Å². The van der Waals surface area contributed by atoms with Gasteiger partial charge in [-0.1, -0.05) is 17.7 Å². The quantitative estimate of drug-likeness (QED) is 0.853. The Kier molecular flexibility index (Phi) is 5.78. The molecule has 2 rings (SSSR count). The third-order valence-corrected chi connectivity index (χ3v) is 3.37. The molecule has 0 aliphatic heterocycles. The molecule has 0 heterocycles. The summed E-state index contributed by atoms with van der Waals surface area (Å²) in [4.78, 5) is 24.1. The maximum atomic E-state index is 12.0. The average Bonchev–Trinajstić information content (AvgIpc) is 2.60. The monoisotopic (exact) mass is 328 g/mol. The lowest BCUT2D eigenvalue weighted by molar-refractivity contribution is -0.115. The molecule has 0 fully saturated rings. The second kappa shape index (κ2) is 8.01. The zero-order valence-electron chi connectivity index (χ0n) is 13.9. The summed E-state index contributed by atoms with van der Waals surface area (Å²) in [6.07, 6.45) is 0. The van der Waals surface area contributed by atoms with Crippen LogP contribution in [0.3, 0.4) is 0 Å². The fourth-order valence-corrected chi connectivity index (χ4v) is 2.15. The third kappa shape index (κ3) is 4.49. The third-order valence-electron chi connectivity index (χ3n) is 3.37. The van der Waals surface area contributed by atoms with Crippen molar-refractivity contribution >= 4 is 17.5 Å². The van der Waals surface area contributed by atoms with Crippen LogP contribution in [0.1, 0.15) is 15.9 Å². The maximum absolute atomic E-state index is 12.0. The van der Waals surface area contributed by atoms with Crippen LogP contribution in [0.25, 0.3) is 0 Å². The van der Waals surface area contributed by atoms with Gasteiger partial charge in [-0.3, -0.25) is 9.59 Å². The molecule has 0 atom stereocenters. The van der Waals surface area contributed by atoms with Gasteiger partial charge in [0.05, 0.1) is 26.5 Å². The Morgan fingerprint density at radius 2 is 1.83 bits per heavy atom. The van der Waals surface area contributed by atoms with Gasteiger partial charge in [0.2, 0.25) is 5.91 Å². The van der Waals surface area contributed by atoms with Crippen molar-refractivity contribution in [2.45, 2.75) is 6.92 Å². The summed E-state index contributed by atoms with van der Waals surface area (Å²) >= 11 is 0. The van der Waals surface area contributed by atoms with E-state index in [9.17, 15) is 9.59 Å². The van der Waals surface area contributed by atoms with E-state index < -0.39 is 0 Å². The highest BCUT2D eigenvalue weighted by atomic mass is 16.5. The highest BCUT2D eigenvalue weighted by Crippen LogP contribution is 2.28. The number of anilines is 1. The molecule has 0 saturated heterocycles. The predicted molar refractivity (Wildman–Crippen MR) is 91.7 cm³/mol. The lowest BCUT2D eigenvalue weighted by Crippen LogP contribution is -2.32. The highest BCUT2D eigenvalue weighted by Gasteiger charge is 2.11. The minimum absolute atomic E-state index is 0.137. The molecule has 0 unspecified atom stereocenters. The smallest absolute Gasteiger partial charge is 0.251 e. The van der Waals surface area contributed by atoms with E-state index in [1.54, 1.807) is 43.5 Å². The van der Waals surface area contributed by atoms with Crippen molar-refractivity contribution in [2.75, 3.05) is 26.1 Å². The van der Waals surface area contributed by atoms with E-state index in [1.807, 2.05) is 13.0 Å². The molecule has 6 nitrogen and oxygen atoms in total. The zero-order chi connectivity index (χ0) is 17.5. The van der Waals surface area contributed by atoms with Gasteiger partial charge in [-0.25, -0.2) is 0 Å². The molecule has 0 saturated carbocycles. The standard InChI is InChI=1S/C18H20N2O4/c1-12-5-4-6-13(9-12)18(22)19-11-17(21)20-15-8-7-14(23-2)10-16(15)24-3/h4-10H,11H2,1-3H3,(H,19,22)(H,20,21). The van der Waals surface area contributed by atoms with Crippen molar-refractivity contribution in [1.29, 1.82) is 0 Å². The first-order chi connectivity index (χ1) is 11.5. The van der Waals surface area contributed by atoms with E-state index in [-0.39, 0.29) is 18.4 Å². The van der Waals surface area contributed by atoms with Gasteiger partial charge in [0.1, 0.15) is 11.5 Å². The molecule has 2 aromatic rings. The Balaban J connectivity index is 1.95. The van der Waals surface area contributed by atoms with E-state index >= 15 is 0 Å². The van der Waals surface area contributed by atoms with Gasteiger partial charge in [0, 0.05) is 11.6 Å². The highest BCUT2D eigenvalue weighted by molar-refractivity contribution is 5.99. The Morgan fingerprint density at radius 1 is 1.04 bits per heavy atom. The number of carbonyl (C=O) groups excluding carboxylic acids is 2. The Labute approximate surface area is 140 Å². The number of carbonyl (C=O) groups is 2. The number of rotatable bonds is 6. The van der Waals surface area contributed by atoms with Crippen LogP contribution in [0.5, 0.6) is 11.5 Å². The summed E-state index contributed by atoms with van der Waals surface area (Å²) in [5, 5.41) is 5.29. The number of nitrogens with one attached hydrogen (secondary N) is 2. The van der Waals surface area contributed by atoms with Crippen LogP contribution in [-0.2, 0) is 4.79 Å². The number of amides is 2. The number of hydrogen-bond donors (Lipinski definition) is 2. The molecular weight excluding hydrogens is 308 g/mol. The van der Waals surface area contributed by atoms with Crippen molar-refractivity contribution < 1.29 is 19.1 Å². The zero-order valence-corrected chi connectivity index (χ0v) is 13.9. The molecule has 2 aromatic carbocycles. The number of benzene rings is 2. The summed E-state index contributed by atoms with van der Waals surface area (Å²) in [5.41, 5.74) is 2.01. The fourth-order valence-electron chi connectivity index (χ4n) is 2.15. The molecular formula is C18H20N2O4. The summed E-state index contributed by atoms with van der Waals surface area (Å²) < 4.78 is 10.3. The van der Waals surface area contributed by atoms with Crippen LogP contribution in [0.15, 0.2) is 42.5 Å². The molecule has 0 spiro atoms. The Bertz CT molecular complexity index is 744. The molecule has 126 valence electrons. The van der Waals surface area contributed by atoms with Crippen LogP contribution in [-0.4, -0.2) is 32.6 Å². The SMILES string of the molecule is COc1ccc(NC(=O)CNC(=O)c2cccc(C)c2)c(OC)c1. The normalized spacial score (nSPS) is 9.96. The van der Waals surface area contributed by atoms with Crippen molar-refractivity contribution in [1.82, 2.24) is 5.32 Å². The summed E-state index contributed by atoms with van der Waals surface area (Å²) in [6, 6.07) is 12.2. The molecule has 0 radical (unpaired) electrons. The lowest BCUT2D eigenvalue weighted by atomic mass is 10.1. The molecule has 2 N–H and O–H groups in total. The van der Waals surface area contributed by atoms with Crippen LogP contribution in [0.4, 0.5) is 5.69 Å². The van der Waals surface area contributed by atoms with Gasteiger partial charge >= 0.3 is 0 Å². The number of ether oxygens (including phenoxy) is 2. The van der Waals surface area contributed by atoms with E-state index in [2.05, 4.69) is 10.6 Å². The van der Waals surface area contributed by atoms with Crippen LogP contribution < -0.4 is 20.1 Å². The van der Waals surface area contributed by atoms with Gasteiger partial charge in [-0.05, 0) is 31.2 Å². The van der Waals surface area contributed by atoms with Crippen molar-refractivity contribution in [2.24, 2.45) is 0 Å². The van der Waals surface area contributed by atoms with Crippen LogP contribution in [0, 0.1) is 6.92 Å². The first-order valence-corrected chi connectivity index (χ1v) is 7.40. The number of methoxy groups -OCH3 is 2. The van der Waals surface area contributed by atoms with Gasteiger partial charge in [0.15, 0.2) is 0 Å². The van der Waals surface area contributed by atoms with Crippen molar-refractivity contribution in [3.63, 3.8) is 0 Å². The second-order valence-corrected chi connectivity index (χ2v) is 5.17. The van der Waals surface area contributed by atoms with Crippen molar-refractivity contribution in [3.05, 3.63) is 53.6 Å². The fraction of sp³-hybridized carbons (Fsp3) is 0.222. The van der Waals surface area contributed by atoms with Crippen LogP contribution in [0.2, 0.25) is 0 Å². The minimum Gasteiger partial charge on any atom is -0.497 e. The molecule has 0 aliphatic rings. The first-order valence-electron chi connectivity index (χ1n) is 7.40. The summed E-state index contributed by atoms with van der Waals surface area (Å²) in [7, 11) is 3.05. The molecule has 24 heavy (non-hydrogen) atoms. The molecule has 0 aliphatic carbocycles. The second-order valence-electron chi connectivity index (χ2n) is 5.17. The Hall–Kier alpha value is -3.02. The maximum Gasteiger partial charge on any atom is 0.251 e. The van der Waals surface area contributed by atoms with E-state index in [0.717, 1.165) is 5.56 Å². The van der Waals surface area contributed by atoms with Crippen molar-refractivity contribution in [3.8, 4) is 11.5 Å². The molecule has 6 heteroatoms. The van der Waals surface area contributed by atoms with Gasteiger partial charge in [0.25, 0.3) is 5.91 Å². The Morgan fingerprint density at radius 3 is 2.50 bits per heavy atom. The summed E-state index contributed by atoms with van der Waals surface area (Å²) in [6.45, 7) is 1.77. The van der Waals surface area contributed by atoms with Gasteiger partial charge in [-0.2, -0.15) is 0 Å². The molecule has 2 amide bonds. The average molecular weight is 328 g/mol. The lowest BCUT2D eigenvalue weighted by Gasteiger charge is -2.12. The van der Waals surface area contributed by atoms with E-state index in [4.69, 9.17) is 9.47 Å². The topological polar surface area (TPSA) is 76.7 Å². The van der Waals surface area contributed by atoms with Crippen LogP contribution >= 0.6 is 0 Å². The predicted octanol–water partition coefficient (Wildman–Crippen LogP) is 2.38. The van der Waals surface area contributed by atoms with Gasteiger partial charge in [-0.15, -0.1) is 0 Å². The van der Waals surface area contributed by atoms with E-state index in [1.165, 1.54) is 7.11 Å². The van der Waals surface area contributed by atoms with E-state index in [0.29, 0.717) is 22.7 Å². The molecule has 0 bridgehead atoms. The molecule has 0 aromatic heterocycles. The largest absolute Gasteiger partial charge is 0.497 e. The number of aryl methyl sites for hydroxylation is 1. The number of hydrogen-bond acceptors (Lipinski definition) is 4.